The largest absolute Gasteiger partial charge is 0.478 e. The Morgan fingerprint density at radius 3 is 2.68 bits per heavy atom. The van der Waals surface area contributed by atoms with Crippen LogP contribution in [0.1, 0.15) is 38.9 Å². The maximum absolute atomic E-state index is 13.2. The van der Waals surface area contributed by atoms with Crippen molar-refractivity contribution in [2.75, 3.05) is 16.8 Å². The van der Waals surface area contributed by atoms with Crippen LogP contribution in [0.5, 0.6) is 0 Å². The molecule has 38 heavy (non-hydrogen) atoms. The maximum atomic E-state index is 13.2. The fourth-order valence-electron chi connectivity index (χ4n) is 4.99. The first-order valence-electron chi connectivity index (χ1n) is 12.1. The van der Waals surface area contributed by atoms with E-state index in [0.29, 0.717) is 41.5 Å². The van der Waals surface area contributed by atoms with Crippen molar-refractivity contribution < 1.29 is 23.9 Å². The summed E-state index contributed by atoms with van der Waals surface area (Å²) in [6.07, 6.45) is 3.73. The number of amides is 2. The topological polar surface area (TPSA) is 125 Å². The molecule has 3 aromatic carbocycles. The number of carboxylic acid groups (broad SMARTS) is 1. The van der Waals surface area contributed by atoms with Crippen molar-refractivity contribution in [3.8, 4) is 0 Å². The summed E-state index contributed by atoms with van der Waals surface area (Å²) in [6, 6.07) is 19.7. The van der Waals surface area contributed by atoms with Crippen molar-refractivity contribution in [2.45, 2.75) is 18.8 Å². The van der Waals surface area contributed by atoms with Gasteiger partial charge in [-0.25, -0.2) is 9.78 Å². The van der Waals surface area contributed by atoms with Crippen molar-refractivity contribution in [1.82, 2.24) is 4.98 Å². The molecule has 0 aliphatic carbocycles. The van der Waals surface area contributed by atoms with E-state index in [9.17, 15) is 19.5 Å². The number of aromatic carboxylic acids is 1. The lowest BCUT2D eigenvalue weighted by atomic mass is 9.90. The van der Waals surface area contributed by atoms with E-state index in [1.807, 2.05) is 48.5 Å². The summed E-state index contributed by atoms with van der Waals surface area (Å²) < 4.78 is 5.22. The third kappa shape index (κ3) is 4.24. The highest BCUT2D eigenvalue weighted by Gasteiger charge is 2.36. The molecule has 1 atom stereocenters. The van der Waals surface area contributed by atoms with E-state index < -0.39 is 11.9 Å². The van der Waals surface area contributed by atoms with Gasteiger partial charge in [0.15, 0.2) is 0 Å². The molecule has 2 N–H and O–H groups in total. The van der Waals surface area contributed by atoms with Gasteiger partial charge in [0.1, 0.15) is 18.6 Å². The van der Waals surface area contributed by atoms with Crippen molar-refractivity contribution >= 4 is 40.6 Å². The van der Waals surface area contributed by atoms with Crippen LogP contribution in [-0.4, -0.2) is 40.1 Å². The highest BCUT2D eigenvalue weighted by Crippen LogP contribution is 2.38. The summed E-state index contributed by atoms with van der Waals surface area (Å²) in [5.41, 5.74) is 5.06. The summed E-state index contributed by atoms with van der Waals surface area (Å²) in [7, 11) is 0. The predicted molar refractivity (Wildman–Crippen MR) is 140 cm³/mol. The molecular formula is C29H22N4O5. The molecule has 6 rings (SSSR count). The molecule has 2 amide bonds. The zero-order valence-electron chi connectivity index (χ0n) is 20.1. The highest BCUT2D eigenvalue weighted by molar-refractivity contribution is 6.24. The zero-order valence-corrected chi connectivity index (χ0v) is 20.1. The number of carboxylic acids is 1. The maximum Gasteiger partial charge on any atom is 0.335 e. The number of carbonyl (C=O) groups is 3. The van der Waals surface area contributed by atoms with E-state index in [0.717, 1.165) is 16.8 Å². The van der Waals surface area contributed by atoms with Crippen LogP contribution in [0.4, 0.5) is 17.1 Å². The lowest BCUT2D eigenvalue weighted by Crippen LogP contribution is -2.30. The average Bonchev–Trinajstić information content (AvgIpc) is 3.65. The minimum absolute atomic E-state index is 0.0876. The molecule has 0 spiro atoms. The number of carbonyl (C=O) groups excluding carboxylic acids is 2. The fourth-order valence-corrected chi connectivity index (χ4v) is 4.99. The zero-order chi connectivity index (χ0) is 26.2. The summed E-state index contributed by atoms with van der Waals surface area (Å²) in [5.74, 6) is -1.75. The lowest BCUT2D eigenvalue weighted by Gasteiger charge is -2.17. The molecule has 4 aromatic rings. The van der Waals surface area contributed by atoms with Crippen LogP contribution in [0.2, 0.25) is 0 Å². The number of aromatic nitrogens is 1. The van der Waals surface area contributed by atoms with Gasteiger partial charge in [0.05, 0.1) is 23.2 Å². The van der Waals surface area contributed by atoms with Gasteiger partial charge in [0.25, 0.3) is 0 Å². The molecule has 1 unspecified atom stereocenters. The lowest BCUT2D eigenvalue weighted by molar-refractivity contribution is -0.118. The highest BCUT2D eigenvalue weighted by atomic mass is 16.4. The number of nitrogens with one attached hydrogen (secondary N) is 1. The van der Waals surface area contributed by atoms with Crippen molar-refractivity contribution in [1.29, 1.82) is 0 Å². The monoisotopic (exact) mass is 506 g/mol. The second-order valence-electron chi connectivity index (χ2n) is 9.10. The number of benzene rings is 3. The van der Waals surface area contributed by atoms with Crippen molar-refractivity contribution in [3.63, 3.8) is 0 Å². The molecule has 9 nitrogen and oxygen atoms in total. The van der Waals surface area contributed by atoms with Crippen LogP contribution in [0.3, 0.4) is 0 Å². The minimum atomic E-state index is -1.06. The van der Waals surface area contributed by atoms with Crippen LogP contribution in [0.25, 0.3) is 0 Å². The summed E-state index contributed by atoms with van der Waals surface area (Å²) in [4.78, 5) is 48.1. The Morgan fingerprint density at radius 2 is 1.92 bits per heavy atom. The number of oxazole rings is 1. The van der Waals surface area contributed by atoms with Gasteiger partial charge in [0, 0.05) is 17.9 Å². The molecular weight excluding hydrogens is 484 g/mol. The minimum Gasteiger partial charge on any atom is -0.478 e. The first-order valence-corrected chi connectivity index (χ1v) is 12.1. The van der Waals surface area contributed by atoms with E-state index >= 15 is 0 Å². The Hall–Kier alpha value is -5.05. The Kier molecular flexibility index (Phi) is 5.80. The van der Waals surface area contributed by atoms with Gasteiger partial charge in [-0.3, -0.25) is 14.6 Å². The van der Waals surface area contributed by atoms with Gasteiger partial charge in [0.2, 0.25) is 17.7 Å². The van der Waals surface area contributed by atoms with Crippen LogP contribution in [0.15, 0.2) is 88.6 Å². The summed E-state index contributed by atoms with van der Waals surface area (Å²) in [6.45, 7) is 0.553. The second kappa shape index (κ2) is 9.44. The average molecular weight is 507 g/mol. The Balaban J connectivity index is 1.36. The smallest absolute Gasteiger partial charge is 0.335 e. The summed E-state index contributed by atoms with van der Waals surface area (Å²) in [5, 5.41) is 12.2. The first kappa shape index (κ1) is 23.4. The van der Waals surface area contributed by atoms with Gasteiger partial charge in [-0.05, 0) is 53.4 Å². The third-order valence-corrected chi connectivity index (χ3v) is 6.77. The molecule has 2 aliphatic rings. The van der Waals surface area contributed by atoms with Gasteiger partial charge >= 0.3 is 5.97 Å². The SMILES string of the molecule is O=C(O)c1ccc2c(c1)NC(=O)C2C(=Nc1ccc2c(c1)CCN2C(=O)Cc1ncco1)c1ccccc1. The Morgan fingerprint density at radius 1 is 1.08 bits per heavy atom. The van der Waals surface area contributed by atoms with Gasteiger partial charge in [-0.15, -0.1) is 0 Å². The molecule has 0 fully saturated rings. The van der Waals surface area contributed by atoms with Crippen molar-refractivity contribution in [3.05, 3.63) is 107 Å². The quantitative estimate of drug-likeness (QED) is 0.374. The molecule has 0 saturated heterocycles. The molecule has 3 heterocycles. The molecule has 0 radical (unpaired) electrons. The molecule has 188 valence electrons. The van der Waals surface area contributed by atoms with Crippen LogP contribution < -0.4 is 10.2 Å². The van der Waals surface area contributed by atoms with Crippen LogP contribution in [-0.2, 0) is 22.4 Å². The van der Waals surface area contributed by atoms with Gasteiger partial charge in [-0.1, -0.05) is 36.4 Å². The number of fused-ring (bicyclic) bond motifs is 2. The van der Waals surface area contributed by atoms with Gasteiger partial charge < -0.3 is 19.7 Å². The van der Waals surface area contributed by atoms with E-state index in [1.54, 1.807) is 11.0 Å². The number of aliphatic imine (C=N–C) groups is 1. The van der Waals surface area contributed by atoms with Crippen LogP contribution in [0, 0.1) is 0 Å². The van der Waals surface area contributed by atoms with Crippen molar-refractivity contribution in [2.24, 2.45) is 4.99 Å². The predicted octanol–water partition coefficient (Wildman–Crippen LogP) is 4.36. The molecule has 2 aliphatic heterocycles. The van der Waals surface area contributed by atoms with Crippen LogP contribution >= 0.6 is 0 Å². The number of nitrogens with zero attached hydrogens (tertiary/aromatic N) is 3. The van der Waals surface area contributed by atoms with E-state index in [1.165, 1.54) is 24.6 Å². The Bertz CT molecular complexity index is 1590. The number of rotatable bonds is 6. The number of anilines is 2. The molecule has 0 bridgehead atoms. The third-order valence-electron chi connectivity index (χ3n) is 6.77. The van der Waals surface area contributed by atoms with E-state index in [-0.39, 0.29) is 23.8 Å². The van der Waals surface area contributed by atoms with Gasteiger partial charge in [-0.2, -0.15) is 0 Å². The molecule has 0 saturated carbocycles. The first-order chi connectivity index (χ1) is 18.5. The molecule has 9 heteroatoms. The second-order valence-corrected chi connectivity index (χ2v) is 9.10. The fraction of sp³-hybridized carbons (Fsp3) is 0.138. The van der Waals surface area contributed by atoms with E-state index in [4.69, 9.17) is 9.41 Å². The summed E-state index contributed by atoms with van der Waals surface area (Å²) >= 11 is 0. The Labute approximate surface area is 217 Å². The number of hydrogen-bond acceptors (Lipinski definition) is 6. The molecule has 1 aromatic heterocycles. The normalized spacial score (nSPS) is 16.2. The standard InChI is InChI=1S/C29H22N4O5/c34-25(16-24-30-11-13-38-24)33-12-10-18-14-20(7-9-23(18)33)31-27(17-4-2-1-3-5-17)26-21-8-6-19(29(36)37)15-22(21)32-28(26)35/h1-9,11,13-15,26H,10,12,16H2,(H,32,35)(H,36,37). The number of hydrogen-bond donors (Lipinski definition) is 2. The van der Waals surface area contributed by atoms with E-state index in [2.05, 4.69) is 10.3 Å².